The smallest absolute Gasteiger partial charge is 0.326 e. The predicted octanol–water partition coefficient (Wildman–Crippen LogP) is 2.69. The van der Waals surface area contributed by atoms with E-state index in [1.165, 1.54) is 24.1 Å². The van der Waals surface area contributed by atoms with E-state index in [1.807, 2.05) is 24.3 Å². The third kappa shape index (κ3) is 2.92. The van der Waals surface area contributed by atoms with E-state index < -0.39 is 29.4 Å². The molecular weight excluding hydrogens is 387 g/mol. The van der Waals surface area contributed by atoms with Crippen LogP contribution in [0.2, 0.25) is 0 Å². The standard InChI is InChI=1S/C23H23FN2O4/c1-4-26-20(27)17-18(21(26)28)23(2,22(29)30-3)25-19(17)15-7-5-13(6-8-15)14-9-11-16(24)12-10-14/h5-12,17-19,25H,4H2,1-3H3/t17?,18?,19?,23-/m1/s1. The van der Waals surface area contributed by atoms with Gasteiger partial charge in [-0.3, -0.25) is 24.6 Å². The number of carbonyl (C=O) groups excluding carboxylic acids is 3. The molecule has 2 amide bonds. The molecule has 0 aromatic heterocycles. The Morgan fingerprint density at radius 3 is 2.17 bits per heavy atom. The molecule has 2 aromatic carbocycles. The van der Waals surface area contributed by atoms with Crippen LogP contribution >= 0.6 is 0 Å². The molecule has 2 saturated heterocycles. The Bertz CT molecular complexity index is 1000. The molecule has 30 heavy (non-hydrogen) atoms. The number of fused-ring (bicyclic) bond motifs is 1. The molecule has 3 unspecified atom stereocenters. The number of carbonyl (C=O) groups is 3. The van der Waals surface area contributed by atoms with Crippen LogP contribution in [0.1, 0.15) is 25.5 Å². The normalized spacial score (nSPS) is 28.0. The van der Waals surface area contributed by atoms with Crippen molar-refractivity contribution in [3.05, 3.63) is 59.9 Å². The molecule has 2 heterocycles. The third-order valence-corrected chi connectivity index (χ3v) is 6.25. The number of nitrogens with one attached hydrogen (secondary N) is 1. The van der Waals surface area contributed by atoms with Crippen LogP contribution in [0.15, 0.2) is 48.5 Å². The quantitative estimate of drug-likeness (QED) is 0.620. The van der Waals surface area contributed by atoms with Gasteiger partial charge in [-0.05, 0) is 42.7 Å². The van der Waals surface area contributed by atoms with E-state index in [0.717, 1.165) is 16.7 Å². The number of likely N-dealkylation sites (tertiary alicyclic amines) is 1. The van der Waals surface area contributed by atoms with Crippen molar-refractivity contribution in [3.63, 3.8) is 0 Å². The number of hydrogen-bond acceptors (Lipinski definition) is 5. The van der Waals surface area contributed by atoms with E-state index in [9.17, 15) is 18.8 Å². The Kier molecular flexibility index (Phi) is 4.94. The summed E-state index contributed by atoms with van der Waals surface area (Å²) in [6.07, 6.45) is 0. The number of benzene rings is 2. The van der Waals surface area contributed by atoms with Crippen LogP contribution in [0.4, 0.5) is 4.39 Å². The molecule has 4 atom stereocenters. The molecule has 6 nitrogen and oxygen atoms in total. The van der Waals surface area contributed by atoms with E-state index in [2.05, 4.69) is 5.32 Å². The van der Waals surface area contributed by atoms with Crippen LogP contribution in [0.5, 0.6) is 0 Å². The van der Waals surface area contributed by atoms with Crippen molar-refractivity contribution in [1.29, 1.82) is 0 Å². The lowest BCUT2D eigenvalue weighted by atomic mass is 9.80. The summed E-state index contributed by atoms with van der Waals surface area (Å²) in [5.74, 6) is -3.00. The highest BCUT2D eigenvalue weighted by atomic mass is 19.1. The van der Waals surface area contributed by atoms with Gasteiger partial charge in [-0.15, -0.1) is 0 Å². The number of nitrogens with zero attached hydrogens (tertiary/aromatic N) is 1. The van der Waals surface area contributed by atoms with Gasteiger partial charge in [-0.25, -0.2) is 4.39 Å². The van der Waals surface area contributed by atoms with E-state index in [0.29, 0.717) is 0 Å². The first-order valence-electron chi connectivity index (χ1n) is 9.89. The first kappa shape index (κ1) is 20.2. The summed E-state index contributed by atoms with van der Waals surface area (Å²) in [7, 11) is 1.27. The van der Waals surface area contributed by atoms with Crippen LogP contribution in [0.25, 0.3) is 11.1 Å². The zero-order valence-corrected chi connectivity index (χ0v) is 17.0. The summed E-state index contributed by atoms with van der Waals surface area (Å²) in [5.41, 5.74) is 1.26. The molecule has 2 fully saturated rings. The van der Waals surface area contributed by atoms with Gasteiger partial charge in [0.1, 0.15) is 11.4 Å². The molecule has 2 aliphatic rings. The lowest BCUT2D eigenvalue weighted by Crippen LogP contribution is -2.53. The maximum atomic E-state index is 13.2. The van der Waals surface area contributed by atoms with Crippen LogP contribution in [-0.2, 0) is 19.1 Å². The fourth-order valence-corrected chi connectivity index (χ4v) is 4.72. The molecule has 2 aliphatic heterocycles. The topological polar surface area (TPSA) is 75.7 Å². The third-order valence-electron chi connectivity index (χ3n) is 6.25. The SMILES string of the molecule is CCN1C(=O)C2C(c3ccc(-c4ccc(F)cc4)cc3)N[C@@](C)(C(=O)OC)C2C1=O. The van der Waals surface area contributed by atoms with Crippen molar-refractivity contribution in [1.82, 2.24) is 10.2 Å². The van der Waals surface area contributed by atoms with Gasteiger partial charge in [-0.1, -0.05) is 36.4 Å². The Morgan fingerprint density at radius 1 is 1.07 bits per heavy atom. The van der Waals surface area contributed by atoms with Crippen molar-refractivity contribution in [2.45, 2.75) is 25.4 Å². The molecule has 0 aliphatic carbocycles. The highest BCUT2D eigenvalue weighted by Gasteiger charge is 2.66. The van der Waals surface area contributed by atoms with Gasteiger partial charge in [0.25, 0.3) is 0 Å². The van der Waals surface area contributed by atoms with E-state index in [-0.39, 0.29) is 24.2 Å². The molecule has 7 heteroatoms. The Hall–Kier alpha value is -3.06. The fourth-order valence-electron chi connectivity index (χ4n) is 4.72. The molecule has 1 N–H and O–H groups in total. The summed E-state index contributed by atoms with van der Waals surface area (Å²) in [6.45, 7) is 3.62. The first-order chi connectivity index (χ1) is 14.3. The van der Waals surface area contributed by atoms with Gasteiger partial charge < -0.3 is 4.74 Å². The average Bonchev–Trinajstić information content (AvgIpc) is 3.21. The fraction of sp³-hybridized carbons (Fsp3) is 0.348. The molecule has 0 saturated carbocycles. The molecular formula is C23H23FN2O4. The molecule has 0 bridgehead atoms. The first-order valence-corrected chi connectivity index (χ1v) is 9.89. The van der Waals surface area contributed by atoms with Gasteiger partial charge in [0.2, 0.25) is 11.8 Å². The van der Waals surface area contributed by atoms with Crippen molar-refractivity contribution in [2.75, 3.05) is 13.7 Å². The van der Waals surface area contributed by atoms with Crippen LogP contribution in [0, 0.1) is 17.7 Å². The minimum atomic E-state index is -1.30. The minimum absolute atomic E-state index is 0.262. The summed E-state index contributed by atoms with van der Waals surface area (Å²) in [5, 5.41) is 3.22. The number of halogens is 1. The Labute approximate surface area is 174 Å². The van der Waals surface area contributed by atoms with Crippen molar-refractivity contribution in [3.8, 4) is 11.1 Å². The lowest BCUT2D eigenvalue weighted by Gasteiger charge is -2.28. The molecule has 4 rings (SSSR count). The number of hydrogen-bond donors (Lipinski definition) is 1. The number of esters is 1. The van der Waals surface area contributed by atoms with E-state index in [4.69, 9.17) is 4.74 Å². The monoisotopic (exact) mass is 410 g/mol. The zero-order chi connectivity index (χ0) is 21.6. The second-order valence-corrected chi connectivity index (χ2v) is 7.87. The van der Waals surface area contributed by atoms with Gasteiger partial charge in [-0.2, -0.15) is 0 Å². The molecule has 0 radical (unpaired) electrons. The number of imide groups is 1. The lowest BCUT2D eigenvalue weighted by molar-refractivity contribution is -0.153. The maximum Gasteiger partial charge on any atom is 0.326 e. The van der Waals surface area contributed by atoms with Gasteiger partial charge in [0.15, 0.2) is 0 Å². The number of ether oxygens (including phenoxy) is 1. The summed E-state index contributed by atoms with van der Waals surface area (Å²) >= 11 is 0. The summed E-state index contributed by atoms with van der Waals surface area (Å²) < 4.78 is 18.1. The van der Waals surface area contributed by atoms with Crippen molar-refractivity contribution >= 4 is 17.8 Å². The number of amides is 2. The van der Waals surface area contributed by atoms with Crippen molar-refractivity contribution < 1.29 is 23.5 Å². The maximum absolute atomic E-state index is 13.2. The largest absolute Gasteiger partial charge is 0.468 e. The van der Waals surface area contributed by atoms with Gasteiger partial charge in [0.05, 0.1) is 18.9 Å². The average molecular weight is 410 g/mol. The van der Waals surface area contributed by atoms with Gasteiger partial charge >= 0.3 is 5.97 Å². The van der Waals surface area contributed by atoms with E-state index in [1.54, 1.807) is 26.0 Å². The Morgan fingerprint density at radius 2 is 1.63 bits per heavy atom. The van der Waals surface area contributed by atoms with Gasteiger partial charge in [0, 0.05) is 12.6 Å². The molecule has 0 spiro atoms. The van der Waals surface area contributed by atoms with Crippen molar-refractivity contribution in [2.24, 2.45) is 11.8 Å². The number of rotatable bonds is 4. The molecule has 2 aromatic rings. The highest BCUT2D eigenvalue weighted by Crippen LogP contribution is 2.49. The van der Waals surface area contributed by atoms with Crippen LogP contribution in [0.3, 0.4) is 0 Å². The molecule has 156 valence electrons. The zero-order valence-electron chi connectivity index (χ0n) is 17.0. The predicted molar refractivity (Wildman–Crippen MR) is 108 cm³/mol. The highest BCUT2D eigenvalue weighted by molar-refractivity contribution is 6.09. The summed E-state index contributed by atoms with van der Waals surface area (Å²) in [6, 6.07) is 13.2. The van der Waals surface area contributed by atoms with E-state index >= 15 is 0 Å². The minimum Gasteiger partial charge on any atom is -0.468 e. The number of methoxy groups -OCH3 is 1. The van der Waals surface area contributed by atoms with Crippen LogP contribution < -0.4 is 5.32 Å². The Balaban J connectivity index is 1.71. The summed E-state index contributed by atoms with van der Waals surface area (Å²) in [4.78, 5) is 39.7. The second kappa shape index (κ2) is 7.32. The second-order valence-electron chi connectivity index (χ2n) is 7.87. The van der Waals surface area contributed by atoms with Crippen LogP contribution in [-0.4, -0.2) is 41.9 Å².